The van der Waals surface area contributed by atoms with E-state index >= 15 is 0 Å². The molecule has 0 fully saturated rings. The maximum Gasteiger partial charge on any atom is 0.273 e. The number of anilines is 1. The van der Waals surface area contributed by atoms with Gasteiger partial charge in [-0.3, -0.25) is 9.48 Å². The van der Waals surface area contributed by atoms with Crippen LogP contribution in [0.2, 0.25) is 0 Å². The lowest BCUT2D eigenvalue weighted by Gasteiger charge is -2.19. The van der Waals surface area contributed by atoms with Gasteiger partial charge in [0.2, 0.25) is 0 Å². The zero-order valence-electron chi connectivity index (χ0n) is 14.3. The number of aromatic nitrogens is 4. The number of hydrogen-bond acceptors (Lipinski definition) is 5. The van der Waals surface area contributed by atoms with Crippen LogP contribution >= 0.6 is 0 Å². The summed E-state index contributed by atoms with van der Waals surface area (Å²) >= 11 is 0. The van der Waals surface area contributed by atoms with Crippen LogP contribution in [0.4, 0.5) is 5.69 Å². The number of carbonyl (C=O) groups is 1. The van der Waals surface area contributed by atoms with Crippen LogP contribution in [0.3, 0.4) is 0 Å². The minimum absolute atomic E-state index is 0.213. The molecule has 1 aliphatic carbocycles. The van der Waals surface area contributed by atoms with E-state index in [-0.39, 0.29) is 11.6 Å². The molecule has 1 amide bonds. The number of fused-ring (bicyclic) bond motifs is 1. The summed E-state index contributed by atoms with van der Waals surface area (Å²) in [6, 6.07) is 2.01. The molecular weight excluding hydrogens is 304 g/mol. The van der Waals surface area contributed by atoms with E-state index in [2.05, 4.69) is 26.7 Å². The Bertz CT molecular complexity index is 821. The highest BCUT2D eigenvalue weighted by Gasteiger charge is 2.25. The SMILES string of the molecule is CCCNC(=O)c1nnc2c(c1N)CCC=C2c1cc(C)nn1C. The normalized spacial score (nSPS) is 13.4. The van der Waals surface area contributed by atoms with Gasteiger partial charge in [0.25, 0.3) is 5.91 Å². The van der Waals surface area contributed by atoms with E-state index in [9.17, 15) is 4.79 Å². The van der Waals surface area contributed by atoms with Crippen molar-refractivity contribution in [3.63, 3.8) is 0 Å². The highest BCUT2D eigenvalue weighted by Crippen LogP contribution is 2.33. The summed E-state index contributed by atoms with van der Waals surface area (Å²) < 4.78 is 1.83. The molecule has 1 aliphatic rings. The molecule has 0 atom stereocenters. The van der Waals surface area contributed by atoms with Gasteiger partial charge in [0.15, 0.2) is 5.69 Å². The Labute approximate surface area is 141 Å². The Kier molecular flexibility index (Phi) is 4.33. The fourth-order valence-electron chi connectivity index (χ4n) is 2.99. The Hall–Kier alpha value is -2.70. The van der Waals surface area contributed by atoms with Crippen molar-refractivity contribution in [2.24, 2.45) is 7.05 Å². The molecule has 0 aromatic carbocycles. The molecule has 0 unspecified atom stereocenters. The summed E-state index contributed by atoms with van der Waals surface area (Å²) in [6.45, 7) is 4.54. The van der Waals surface area contributed by atoms with Crippen molar-refractivity contribution in [1.82, 2.24) is 25.3 Å². The zero-order valence-corrected chi connectivity index (χ0v) is 14.3. The van der Waals surface area contributed by atoms with Crippen LogP contribution < -0.4 is 11.1 Å². The van der Waals surface area contributed by atoms with Gasteiger partial charge >= 0.3 is 0 Å². The summed E-state index contributed by atoms with van der Waals surface area (Å²) in [5.41, 5.74) is 11.4. The van der Waals surface area contributed by atoms with E-state index in [1.165, 1.54) is 0 Å². The predicted molar refractivity (Wildman–Crippen MR) is 92.4 cm³/mol. The van der Waals surface area contributed by atoms with Gasteiger partial charge in [-0.05, 0) is 32.3 Å². The molecule has 7 nitrogen and oxygen atoms in total. The van der Waals surface area contributed by atoms with Crippen molar-refractivity contribution in [3.05, 3.63) is 40.5 Å². The van der Waals surface area contributed by atoms with Crippen LogP contribution in [0.1, 0.15) is 52.9 Å². The Balaban J connectivity index is 2.02. The van der Waals surface area contributed by atoms with Gasteiger partial charge in [0.1, 0.15) is 5.69 Å². The molecule has 2 aromatic rings. The zero-order chi connectivity index (χ0) is 17.3. The molecule has 2 aromatic heterocycles. The molecule has 7 heteroatoms. The number of amides is 1. The van der Waals surface area contributed by atoms with Crippen LogP contribution in [-0.2, 0) is 13.5 Å². The van der Waals surface area contributed by atoms with Crippen molar-refractivity contribution >= 4 is 17.2 Å². The van der Waals surface area contributed by atoms with Crippen molar-refractivity contribution in [1.29, 1.82) is 0 Å². The number of nitrogens with one attached hydrogen (secondary N) is 1. The van der Waals surface area contributed by atoms with Crippen molar-refractivity contribution in [2.75, 3.05) is 12.3 Å². The van der Waals surface area contributed by atoms with Crippen LogP contribution in [-0.4, -0.2) is 32.4 Å². The first-order valence-corrected chi connectivity index (χ1v) is 8.17. The molecule has 0 saturated heterocycles. The van der Waals surface area contributed by atoms with Gasteiger partial charge in [-0.1, -0.05) is 13.0 Å². The second kappa shape index (κ2) is 6.43. The van der Waals surface area contributed by atoms with E-state index < -0.39 is 0 Å². The monoisotopic (exact) mass is 326 g/mol. The summed E-state index contributed by atoms with van der Waals surface area (Å²) in [6.07, 6.45) is 4.59. The second-order valence-corrected chi connectivity index (χ2v) is 6.00. The topological polar surface area (TPSA) is 98.7 Å². The molecule has 24 heavy (non-hydrogen) atoms. The number of hydrogen-bond donors (Lipinski definition) is 2. The Morgan fingerprint density at radius 2 is 2.21 bits per heavy atom. The van der Waals surface area contributed by atoms with Gasteiger partial charge < -0.3 is 11.1 Å². The summed E-state index contributed by atoms with van der Waals surface area (Å²) in [4.78, 5) is 12.2. The lowest BCUT2D eigenvalue weighted by molar-refractivity contribution is 0.0948. The van der Waals surface area contributed by atoms with E-state index in [0.717, 1.165) is 47.5 Å². The summed E-state index contributed by atoms with van der Waals surface area (Å²) in [7, 11) is 1.90. The minimum atomic E-state index is -0.267. The van der Waals surface area contributed by atoms with Gasteiger partial charge in [0, 0.05) is 24.7 Å². The molecule has 0 bridgehead atoms. The van der Waals surface area contributed by atoms with Crippen molar-refractivity contribution in [2.45, 2.75) is 33.1 Å². The number of nitrogens with two attached hydrogens (primary N) is 1. The number of nitrogen functional groups attached to an aromatic ring is 1. The lowest BCUT2D eigenvalue weighted by atomic mass is 9.92. The summed E-state index contributed by atoms with van der Waals surface area (Å²) in [5, 5.41) is 15.6. The first kappa shape index (κ1) is 16.2. The average Bonchev–Trinajstić information content (AvgIpc) is 2.91. The van der Waals surface area contributed by atoms with Crippen LogP contribution in [0.25, 0.3) is 5.57 Å². The van der Waals surface area contributed by atoms with Crippen molar-refractivity contribution < 1.29 is 4.79 Å². The minimum Gasteiger partial charge on any atom is -0.396 e. The van der Waals surface area contributed by atoms with Gasteiger partial charge in [-0.25, -0.2) is 0 Å². The van der Waals surface area contributed by atoms with Gasteiger partial charge in [-0.15, -0.1) is 10.2 Å². The van der Waals surface area contributed by atoms with Crippen LogP contribution in [0.5, 0.6) is 0 Å². The predicted octanol–water partition coefficient (Wildman–Crippen LogP) is 1.62. The lowest BCUT2D eigenvalue weighted by Crippen LogP contribution is -2.27. The Morgan fingerprint density at radius 3 is 2.88 bits per heavy atom. The molecule has 2 heterocycles. The largest absolute Gasteiger partial charge is 0.396 e. The molecule has 126 valence electrons. The number of aryl methyl sites for hydroxylation is 2. The van der Waals surface area contributed by atoms with Crippen LogP contribution in [0, 0.1) is 6.92 Å². The van der Waals surface area contributed by atoms with E-state index in [1.54, 1.807) is 0 Å². The third-order valence-electron chi connectivity index (χ3n) is 4.14. The first-order chi connectivity index (χ1) is 11.5. The van der Waals surface area contributed by atoms with Gasteiger partial charge in [0.05, 0.1) is 17.1 Å². The van der Waals surface area contributed by atoms with Crippen molar-refractivity contribution in [3.8, 4) is 0 Å². The number of rotatable bonds is 4. The molecule has 0 radical (unpaired) electrons. The van der Waals surface area contributed by atoms with Gasteiger partial charge in [-0.2, -0.15) is 5.10 Å². The smallest absolute Gasteiger partial charge is 0.273 e. The third-order valence-corrected chi connectivity index (χ3v) is 4.14. The molecule has 3 N–H and O–H groups in total. The fourth-order valence-corrected chi connectivity index (χ4v) is 2.99. The number of carbonyl (C=O) groups excluding carboxylic acids is 1. The highest BCUT2D eigenvalue weighted by atomic mass is 16.1. The highest BCUT2D eigenvalue weighted by molar-refractivity contribution is 5.98. The molecule has 0 spiro atoms. The molecule has 3 rings (SSSR count). The maximum atomic E-state index is 12.2. The van der Waals surface area contributed by atoms with E-state index in [4.69, 9.17) is 5.73 Å². The number of allylic oxidation sites excluding steroid dienone is 1. The molecular formula is C17H22N6O. The first-order valence-electron chi connectivity index (χ1n) is 8.17. The maximum absolute atomic E-state index is 12.2. The summed E-state index contributed by atoms with van der Waals surface area (Å²) in [5.74, 6) is -0.267. The van der Waals surface area contributed by atoms with E-state index in [1.807, 2.05) is 31.6 Å². The molecule has 0 aliphatic heterocycles. The fraction of sp³-hybridized carbons (Fsp3) is 0.412. The Morgan fingerprint density at radius 1 is 1.42 bits per heavy atom. The average molecular weight is 326 g/mol. The standard InChI is InChI=1S/C17H22N6O/c1-4-8-19-17(24)16-14(18)12-7-5-6-11(15(12)20-21-16)13-9-10(2)22-23(13)3/h6,9H,4-5,7-8H2,1-3H3,(H2,18,20)(H,19,24). The number of nitrogens with zero attached hydrogens (tertiary/aromatic N) is 4. The van der Waals surface area contributed by atoms with E-state index in [0.29, 0.717) is 12.2 Å². The van der Waals surface area contributed by atoms with Crippen LogP contribution in [0.15, 0.2) is 12.1 Å². The third kappa shape index (κ3) is 2.77. The molecule has 0 saturated carbocycles. The second-order valence-electron chi connectivity index (χ2n) is 6.00. The quantitative estimate of drug-likeness (QED) is 0.889.